The minimum atomic E-state index is -4.41. The Bertz CT molecular complexity index is 826. The number of halogens is 3. The highest BCUT2D eigenvalue weighted by Gasteiger charge is 2.34. The fourth-order valence-electron chi connectivity index (χ4n) is 3.36. The smallest absolute Gasteiger partial charge is 0.416 e. The Morgan fingerprint density at radius 1 is 1.31 bits per heavy atom. The normalized spacial score (nSPS) is 21.0. The standard InChI is InChI=1S/C17H17F3N2O4/c18-17(19,20)12-3-1-10(2-4-12)7-13-8-11(5-6-22(13)16(24)25)14-9-15(23)21-26-14/h1-4,9,11,13H,5-8H2,(H,21,23)(H,24,25)/t11-,13+/m0/s1. The number of nitrogens with one attached hydrogen (secondary N) is 1. The van der Waals surface area contributed by atoms with Crippen molar-refractivity contribution in [3.8, 4) is 0 Å². The summed E-state index contributed by atoms with van der Waals surface area (Å²) in [6, 6.07) is 5.64. The Balaban J connectivity index is 1.77. The van der Waals surface area contributed by atoms with Gasteiger partial charge in [-0.1, -0.05) is 12.1 Å². The molecule has 2 atom stereocenters. The third-order valence-corrected chi connectivity index (χ3v) is 4.66. The summed E-state index contributed by atoms with van der Waals surface area (Å²) in [7, 11) is 0. The largest absolute Gasteiger partial charge is 0.465 e. The van der Waals surface area contributed by atoms with E-state index >= 15 is 0 Å². The number of alkyl halides is 3. The van der Waals surface area contributed by atoms with Gasteiger partial charge < -0.3 is 14.5 Å². The van der Waals surface area contributed by atoms with Crippen molar-refractivity contribution < 1.29 is 27.6 Å². The lowest BCUT2D eigenvalue weighted by molar-refractivity contribution is -0.137. The van der Waals surface area contributed by atoms with Gasteiger partial charge in [0.1, 0.15) is 5.76 Å². The Morgan fingerprint density at radius 3 is 2.54 bits per heavy atom. The molecule has 2 N–H and O–H groups in total. The lowest BCUT2D eigenvalue weighted by atomic mass is 9.86. The van der Waals surface area contributed by atoms with Crippen LogP contribution >= 0.6 is 0 Å². The molecule has 140 valence electrons. The number of aromatic amines is 1. The summed E-state index contributed by atoms with van der Waals surface area (Å²) in [5.41, 5.74) is -0.489. The summed E-state index contributed by atoms with van der Waals surface area (Å²) in [5, 5.41) is 11.6. The highest BCUT2D eigenvalue weighted by atomic mass is 19.4. The molecule has 1 saturated heterocycles. The van der Waals surface area contributed by atoms with E-state index in [4.69, 9.17) is 4.52 Å². The van der Waals surface area contributed by atoms with Gasteiger partial charge in [-0.25, -0.2) is 4.79 Å². The van der Waals surface area contributed by atoms with Gasteiger partial charge in [0.2, 0.25) is 0 Å². The van der Waals surface area contributed by atoms with Crippen molar-refractivity contribution >= 4 is 6.09 Å². The first-order chi connectivity index (χ1) is 12.2. The van der Waals surface area contributed by atoms with Gasteiger partial charge in [-0.2, -0.15) is 18.3 Å². The van der Waals surface area contributed by atoms with Gasteiger partial charge in [0.25, 0.3) is 5.56 Å². The summed E-state index contributed by atoms with van der Waals surface area (Å²) in [4.78, 5) is 24.0. The highest BCUT2D eigenvalue weighted by Crippen LogP contribution is 2.33. The van der Waals surface area contributed by atoms with E-state index in [2.05, 4.69) is 5.16 Å². The van der Waals surface area contributed by atoms with Gasteiger partial charge in [-0.15, -0.1) is 0 Å². The van der Waals surface area contributed by atoms with E-state index in [0.29, 0.717) is 24.2 Å². The van der Waals surface area contributed by atoms with Crippen LogP contribution in [-0.4, -0.2) is 33.8 Å². The van der Waals surface area contributed by atoms with Gasteiger partial charge in [-0.3, -0.25) is 4.79 Å². The summed E-state index contributed by atoms with van der Waals surface area (Å²) < 4.78 is 43.1. The number of H-pyrrole nitrogens is 1. The van der Waals surface area contributed by atoms with Crippen molar-refractivity contribution in [1.29, 1.82) is 0 Å². The molecule has 1 aliphatic heterocycles. The van der Waals surface area contributed by atoms with Crippen LogP contribution in [0.3, 0.4) is 0 Å². The molecule has 1 aromatic carbocycles. The maximum absolute atomic E-state index is 12.7. The zero-order chi connectivity index (χ0) is 18.9. The third-order valence-electron chi connectivity index (χ3n) is 4.66. The number of hydrogen-bond donors (Lipinski definition) is 2. The highest BCUT2D eigenvalue weighted by molar-refractivity contribution is 5.65. The Kier molecular flexibility index (Phi) is 4.80. The van der Waals surface area contributed by atoms with Crippen molar-refractivity contribution in [2.45, 2.75) is 37.4 Å². The number of piperidine rings is 1. The predicted octanol–water partition coefficient (Wildman–Crippen LogP) is 3.46. The van der Waals surface area contributed by atoms with Crippen LogP contribution < -0.4 is 5.56 Å². The van der Waals surface area contributed by atoms with E-state index in [1.54, 1.807) is 0 Å². The van der Waals surface area contributed by atoms with Crippen LogP contribution in [0, 0.1) is 0 Å². The number of benzene rings is 1. The molecule has 1 fully saturated rings. The van der Waals surface area contributed by atoms with Crippen molar-refractivity contribution in [1.82, 2.24) is 10.1 Å². The van der Waals surface area contributed by atoms with Crippen molar-refractivity contribution in [3.05, 3.63) is 57.6 Å². The Hall–Kier alpha value is -2.71. The molecular weight excluding hydrogens is 353 g/mol. The topological polar surface area (TPSA) is 86.5 Å². The molecular formula is C17H17F3N2O4. The van der Waals surface area contributed by atoms with E-state index in [1.807, 2.05) is 0 Å². The fourth-order valence-corrected chi connectivity index (χ4v) is 3.36. The SMILES string of the molecule is O=C(O)N1CC[C@H](c2cc(=O)[nH]o2)C[C@H]1Cc1ccc(C(F)(F)F)cc1. The summed E-state index contributed by atoms with van der Waals surface area (Å²) in [5.74, 6) is 0.349. The second-order valence-corrected chi connectivity index (χ2v) is 6.36. The third kappa shape index (κ3) is 3.92. The molecule has 1 amide bonds. The first kappa shape index (κ1) is 18.1. The van der Waals surface area contributed by atoms with Gasteiger partial charge in [0.05, 0.1) is 5.56 Å². The molecule has 0 saturated carbocycles. The van der Waals surface area contributed by atoms with E-state index in [-0.39, 0.29) is 24.4 Å². The number of rotatable bonds is 3. The average Bonchev–Trinajstić information content (AvgIpc) is 3.01. The fraction of sp³-hybridized carbons (Fsp3) is 0.412. The Labute approximate surface area is 146 Å². The maximum Gasteiger partial charge on any atom is 0.416 e. The van der Waals surface area contributed by atoms with Crippen molar-refractivity contribution in [3.63, 3.8) is 0 Å². The number of amides is 1. The van der Waals surface area contributed by atoms with Gasteiger partial charge in [-0.05, 0) is 37.0 Å². The summed E-state index contributed by atoms with van der Waals surface area (Å²) in [6.45, 7) is 0.264. The molecule has 3 rings (SSSR count). The van der Waals surface area contributed by atoms with Crippen LogP contribution in [0.4, 0.5) is 18.0 Å². The van der Waals surface area contributed by atoms with Crippen LogP contribution in [0.5, 0.6) is 0 Å². The van der Waals surface area contributed by atoms with Crippen LogP contribution in [0.15, 0.2) is 39.6 Å². The first-order valence-corrected chi connectivity index (χ1v) is 8.08. The number of aromatic nitrogens is 1. The molecule has 2 heterocycles. The molecule has 1 aromatic heterocycles. The average molecular weight is 370 g/mol. The second-order valence-electron chi connectivity index (χ2n) is 6.36. The maximum atomic E-state index is 12.7. The van der Waals surface area contributed by atoms with Gasteiger partial charge >= 0.3 is 12.3 Å². The Morgan fingerprint density at radius 2 is 2.00 bits per heavy atom. The number of likely N-dealkylation sites (tertiary alicyclic amines) is 1. The van der Waals surface area contributed by atoms with Gasteiger partial charge in [0.15, 0.2) is 0 Å². The molecule has 0 unspecified atom stereocenters. The number of carboxylic acid groups (broad SMARTS) is 1. The van der Waals surface area contributed by atoms with Crippen LogP contribution in [0.1, 0.15) is 35.6 Å². The second kappa shape index (κ2) is 6.89. The predicted molar refractivity (Wildman–Crippen MR) is 85.0 cm³/mol. The van der Waals surface area contributed by atoms with Crippen LogP contribution in [-0.2, 0) is 12.6 Å². The molecule has 0 aliphatic carbocycles. The first-order valence-electron chi connectivity index (χ1n) is 8.08. The molecule has 2 aromatic rings. The molecule has 0 radical (unpaired) electrons. The minimum Gasteiger partial charge on any atom is -0.465 e. The monoisotopic (exact) mass is 370 g/mol. The molecule has 26 heavy (non-hydrogen) atoms. The summed E-state index contributed by atoms with van der Waals surface area (Å²) in [6.07, 6.45) is -4.26. The molecule has 0 spiro atoms. The van der Waals surface area contributed by atoms with Crippen LogP contribution in [0.2, 0.25) is 0 Å². The lowest BCUT2D eigenvalue weighted by Crippen LogP contribution is -2.46. The zero-order valence-electron chi connectivity index (χ0n) is 13.6. The number of hydrogen-bond acceptors (Lipinski definition) is 3. The molecule has 0 bridgehead atoms. The van der Waals surface area contributed by atoms with Crippen molar-refractivity contribution in [2.75, 3.05) is 6.54 Å². The van der Waals surface area contributed by atoms with E-state index in [0.717, 1.165) is 12.1 Å². The molecule has 6 nitrogen and oxygen atoms in total. The number of nitrogens with zero attached hydrogens (tertiary/aromatic N) is 1. The lowest BCUT2D eigenvalue weighted by Gasteiger charge is -2.37. The quantitative estimate of drug-likeness (QED) is 0.866. The number of carbonyl (C=O) groups is 1. The van der Waals surface area contributed by atoms with E-state index < -0.39 is 23.9 Å². The van der Waals surface area contributed by atoms with E-state index in [1.165, 1.54) is 23.1 Å². The van der Waals surface area contributed by atoms with Crippen molar-refractivity contribution in [2.24, 2.45) is 0 Å². The zero-order valence-corrected chi connectivity index (χ0v) is 13.6. The molecule has 1 aliphatic rings. The van der Waals surface area contributed by atoms with Crippen LogP contribution in [0.25, 0.3) is 0 Å². The summed E-state index contributed by atoms with van der Waals surface area (Å²) >= 11 is 0. The molecule has 9 heteroatoms. The van der Waals surface area contributed by atoms with Gasteiger partial charge in [0, 0.05) is 24.6 Å². The minimum absolute atomic E-state index is 0.121. The van der Waals surface area contributed by atoms with E-state index in [9.17, 15) is 27.9 Å².